The molecule has 0 N–H and O–H groups in total. The molecular formula is C8H8F2OS. The fourth-order valence-electron chi connectivity index (χ4n) is 0.805. The molecule has 0 aromatic heterocycles. The van der Waals surface area contributed by atoms with Crippen molar-refractivity contribution in [2.24, 2.45) is 0 Å². The molecule has 0 amide bonds. The van der Waals surface area contributed by atoms with Crippen LogP contribution in [-0.4, -0.2) is 10.5 Å². The Labute approximate surface area is 71.9 Å². The van der Waals surface area contributed by atoms with Gasteiger partial charge in [-0.2, -0.15) is 0 Å². The average Bonchev–Trinajstić information content (AvgIpc) is 2.04. The van der Waals surface area contributed by atoms with Crippen LogP contribution in [0.15, 0.2) is 29.2 Å². The minimum Gasteiger partial charge on any atom is -0.255 e. The summed E-state index contributed by atoms with van der Waals surface area (Å²) < 4.78 is 34.9. The van der Waals surface area contributed by atoms with Crippen LogP contribution in [0, 0.1) is 0 Å². The number of hydrogen-bond acceptors (Lipinski definition) is 1. The van der Waals surface area contributed by atoms with Gasteiger partial charge < -0.3 is 0 Å². The van der Waals surface area contributed by atoms with E-state index < -0.39 is 17.2 Å². The zero-order valence-electron chi connectivity index (χ0n) is 6.46. The predicted molar refractivity (Wildman–Crippen MR) is 43.7 cm³/mol. The molecule has 1 atom stereocenters. The molecule has 1 rings (SSSR count). The van der Waals surface area contributed by atoms with E-state index in [2.05, 4.69) is 0 Å². The van der Waals surface area contributed by atoms with Gasteiger partial charge in [-0.1, -0.05) is 12.1 Å². The Morgan fingerprint density at radius 3 is 2.08 bits per heavy atom. The van der Waals surface area contributed by atoms with E-state index in [1.54, 1.807) is 0 Å². The van der Waals surface area contributed by atoms with Gasteiger partial charge in [-0.25, -0.2) is 8.78 Å². The molecule has 0 saturated carbocycles. The maximum Gasteiger partial charge on any atom is 0.263 e. The topological polar surface area (TPSA) is 17.1 Å². The Morgan fingerprint density at radius 2 is 1.75 bits per heavy atom. The standard InChI is InChI=1S/C8H8F2OS/c1-12(11)7-4-2-6(3-5-7)8(9)10/h2-5,8H,1H3. The Hall–Kier alpha value is -0.770. The molecule has 0 aliphatic rings. The number of rotatable bonds is 2. The Kier molecular flexibility index (Phi) is 2.92. The summed E-state index contributed by atoms with van der Waals surface area (Å²) in [5.74, 6) is 0. The lowest BCUT2D eigenvalue weighted by molar-refractivity contribution is 0.151. The molecule has 1 nitrogen and oxygen atoms in total. The van der Waals surface area contributed by atoms with Crippen LogP contribution in [0.1, 0.15) is 12.0 Å². The normalized spacial score (nSPS) is 13.3. The first-order valence-electron chi connectivity index (χ1n) is 3.33. The second kappa shape index (κ2) is 3.76. The predicted octanol–water partition coefficient (Wildman–Crippen LogP) is 2.36. The summed E-state index contributed by atoms with van der Waals surface area (Å²) in [6, 6.07) is 5.50. The number of hydrogen-bond donors (Lipinski definition) is 0. The lowest BCUT2D eigenvalue weighted by Gasteiger charge is -1.99. The lowest BCUT2D eigenvalue weighted by Crippen LogP contribution is -1.88. The monoisotopic (exact) mass is 190 g/mol. The van der Waals surface area contributed by atoms with Gasteiger partial charge in [0.2, 0.25) is 0 Å². The summed E-state index contributed by atoms with van der Waals surface area (Å²) in [7, 11) is -1.10. The Bertz CT molecular complexity index is 282. The fraction of sp³-hybridized carbons (Fsp3) is 0.250. The summed E-state index contributed by atoms with van der Waals surface area (Å²) in [6.45, 7) is 0. The van der Waals surface area contributed by atoms with E-state index in [9.17, 15) is 13.0 Å². The molecular weight excluding hydrogens is 182 g/mol. The molecule has 0 spiro atoms. The van der Waals surface area contributed by atoms with Crippen molar-refractivity contribution in [3.8, 4) is 0 Å². The molecule has 1 unspecified atom stereocenters. The zero-order valence-corrected chi connectivity index (χ0v) is 7.28. The minimum atomic E-state index is -2.45. The van der Waals surface area contributed by atoms with Gasteiger partial charge in [-0.15, -0.1) is 0 Å². The molecule has 0 saturated heterocycles. The Balaban J connectivity index is 2.93. The maximum atomic E-state index is 12.0. The highest BCUT2D eigenvalue weighted by atomic mass is 32.2. The smallest absolute Gasteiger partial charge is 0.255 e. The van der Waals surface area contributed by atoms with Crippen LogP contribution < -0.4 is 0 Å². The molecule has 1 aromatic carbocycles. The van der Waals surface area contributed by atoms with Gasteiger partial charge in [0.15, 0.2) is 0 Å². The first kappa shape index (κ1) is 9.32. The van der Waals surface area contributed by atoms with E-state index in [1.165, 1.54) is 30.5 Å². The van der Waals surface area contributed by atoms with Gasteiger partial charge in [0.05, 0.1) is 0 Å². The van der Waals surface area contributed by atoms with E-state index in [0.717, 1.165) is 0 Å². The van der Waals surface area contributed by atoms with Crippen LogP contribution >= 0.6 is 0 Å². The van der Waals surface area contributed by atoms with Gasteiger partial charge in [0, 0.05) is 27.5 Å². The Morgan fingerprint density at radius 1 is 1.25 bits per heavy atom. The molecule has 0 heterocycles. The highest BCUT2D eigenvalue weighted by Gasteiger charge is 2.06. The summed E-state index contributed by atoms with van der Waals surface area (Å²) in [5, 5.41) is 0. The van der Waals surface area contributed by atoms with Gasteiger partial charge in [0.1, 0.15) is 0 Å². The number of halogens is 2. The first-order valence-corrected chi connectivity index (χ1v) is 4.88. The van der Waals surface area contributed by atoms with Crippen LogP contribution in [0.4, 0.5) is 8.78 Å². The molecule has 0 radical (unpaired) electrons. The van der Waals surface area contributed by atoms with Crippen LogP contribution in [-0.2, 0) is 10.8 Å². The van der Waals surface area contributed by atoms with E-state index in [1.807, 2.05) is 0 Å². The van der Waals surface area contributed by atoms with Crippen molar-refractivity contribution < 1.29 is 13.0 Å². The quantitative estimate of drug-likeness (QED) is 0.699. The molecule has 12 heavy (non-hydrogen) atoms. The zero-order chi connectivity index (χ0) is 9.14. The van der Waals surface area contributed by atoms with Crippen LogP contribution in [0.25, 0.3) is 0 Å². The molecule has 0 aliphatic carbocycles. The second-order valence-electron chi connectivity index (χ2n) is 2.32. The summed E-state index contributed by atoms with van der Waals surface area (Å²) in [5.41, 5.74) is -0.0378. The summed E-state index contributed by atoms with van der Waals surface area (Å²) in [4.78, 5) is 0.569. The largest absolute Gasteiger partial charge is 0.263 e. The molecule has 4 heteroatoms. The highest BCUT2D eigenvalue weighted by molar-refractivity contribution is 7.84. The van der Waals surface area contributed by atoms with Gasteiger partial charge in [-0.3, -0.25) is 4.21 Å². The van der Waals surface area contributed by atoms with E-state index >= 15 is 0 Å². The van der Waals surface area contributed by atoms with Crippen LogP contribution in [0.3, 0.4) is 0 Å². The number of alkyl halides is 2. The molecule has 0 fully saturated rings. The van der Waals surface area contributed by atoms with E-state index in [4.69, 9.17) is 0 Å². The first-order chi connectivity index (χ1) is 5.61. The van der Waals surface area contributed by atoms with Crippen molar-refractivity contribution >= 4 is 10.8 Å². The molecule has 0 bridgehead atoms. The molecule has 1 aromatic rings. The van der Waals surface area contributed by atoms with Crippen molar-refractivity contribution in [2.75, 3.05) is 6.26 Å². The third-order valence-electron chi connectivity index (χ3n) is 1.46. The minimum absolute atomic E-state index is 0.0378. The summed E-state index contributed by atoms with van der Waals surface area (Å²) >= 11 is 0. The number of benzene rings is 1. The van der Waals surface area contributed by atoms with Gasteiger partial charge in [-0.05, 0) is 12.1 Å². The third kappa shape index (κ3) is 2.11. The van der Waals surface area contributed by atoms with E-state index in [0.29, 0.717) is 4.90 Å². The SMILES string of the molecule is CS(=O)c1ccc(C(F)F)cc1. The van der Waals surface area contributed by atoms with Crippen molar-refractivity contribution in [1.82, 2.24) is 0 Å². The second-order valence-corrected chi connectivity index (χ2v) is 3.70. The average molecular weight is 190 g/mol. The van der Waals surface area contributed by atoms with Crippen molar-refractivity contribution in [3.63, 3.8) is 0 Å². The summed E-state index contributed by atoms with van der Waals surface area (Å²) in [6.07, 6.45) is -0.943. The molecule has 0 aliphatic heterocycles. The van der Waals surface area contributed by atoms with Crippen molar-refractivity contribution in [2.45, 2.75) is 11.3 Å². The van der Waals surface area contributed by atoms with Gasteiger partial charge in [0.25, 0.3) is 6.43 Å². The van der Waals surface area contributed by atoms with Crippen molar-refractivity contribution in [1.29, 1.82) is 0 Å². The highest BCUT2D eigenvalue weighted by Crippen LogP contribution is 2.19. The van der Waals surface area contributed by atoms with Crippen LogP contribution in [0.5, 0.6) is 0 Å². The van der Waals surface area contributed by atoms with Gasteiger partial charge >= 0.3 is 0 Å². The maximum absolute atomic E-state index is 12.0. The van der Waals surface area contributed by atoms with E-state index in [-0.39, 0.29) is 5.56 Å². The fourth-order valence-corrected chi connectivity index (χ4v) is 1.32. The van der Waals surface area contributed by atoms with Crippen molar-refractivity contribution in [3.05, 3.63) is 29.8 Å². The third-order valence-corrected chi connectivity index (χ3v) is 2.40. The lowest BCUT2D eigenvalue weighted by atomic mass is 10.2. The molecule has 66 valence electrons. The van der Waals surface area contributed by atoms with Crippen LogP contribution in [0.2, 0.25) is 0 Å².